The molecule has 46 heavy (non-hydrogen) atoms. The van der Waals surface area contributed by atoms with Gasteiger partial charge < -0.3 is 19.7 Å². The predicted molar refractivity (Wildman–Crippen MR) is 188 cm³/mol. The third-order valence-corrected chi connectivity index (χ3v) is 7.42. The number of hydrogen-bond donors (Lipinski definition) is 2. The van der Waals surface area contributed by atoms with Gasteiger partial charge in [0.15, 0.2) is 0 Å². The molecule has 2 N–H and O–H groups in total. The van der Waals surface area contributed by atoms with Crippen LogP contribution in [0.2, 0.25) is 0 Å². The Hall–Kier alpha value is -5.36. The predicted octanol–water partition coefficient (Wildman–Crippen LogP) is 10.8. The van der Waals surface area contributed by atoms with Crippen molar-refractivity contribution in [1.82, 2.24) is 0 Å². The van der Waals surface area contributed by atoms with Gasteiger partial charge in [-0.2, -0.15) is 0 Å². The summed E-state index contributed by atoms with van der Waals surface area (Å²) < 4.78 is 12.0. The van der Waals surface area contributed by atoms with Crippen LogP contribution in [0.5, 0.6) is 34.5 Å². The summed E-state index contributed by atoms with van der Waals surface area (Å²) in [5, 5.41) is 21.4. The molecule has 6 heteroatoms. The van der Waals surface area contributed by atoms with Crippen molar-refractivity contribution in [1.29, 1.82) is 0 Å². The van der Waals surface area contributed by atoms with Gasteiger partial charge in [-0.3, -0.25) is 9.98 Å². The van der Waals surface area contributed by atoms with Crippen LogP contribution in [0.15, 0.2) is 119 Å². The Morgan fingerprint density at radius 2 is 0.761 bits per heavy atom. The van der Waals surface area contributed by atoms with Crippen molar-refractivity contribution in [3.63, 3.8) is 0 Å². The second-order valence-electron chi connectivity index (χ2n) is 13.2. The molecule has 0 heterocycles. The Labute approximate surface area is 271 Å². The van der Waals surface area contributed by atoms with Crippen molar-refractivity contribution >= 4 is 23.8 Å². The SMILES string of the molecule is CC(C)(C)c1cccc(C=Nc2ccc(Oc3ccc(Oc4ccc(N=Cc5cccc(C(C)(C)C)c5O)cc4)cc3)cc2)c1O. The van der Waals surface area contributed by atoms with Crippen molar-refractivity contribution in [3.8, 4) is 34.5 Å². The first-order valence-corrected chi connectivity index (χ1v) is 15.3. The minimum Gasteiger partial charge on any atom is -0.507 e. The zero-order valence-electron chi connectivity index (χ0n) is 27.2. The standard InChI is InChI=1S/C40H40N2O4/c1-39(2,3)35-11-7-9-27(37(35)43)25-41-29-13-17-31(18-14-29)45-33-21-23-34(24-22-33)46-32-19-15-30(16-20-32)42-26-28-10-8-12-36(38(28)44)40(4,5)6/h7-26,43-44H,1-6H3. The van der Waals surface area contributed by atoms with E-state index in [1.807, 2.05) is 109 Å². The monoisotopic (exact) mass is 612 g/mol. The number of ether oxygens (including phenoxy) is 2. The van der Waals surface area contributed by atoms with E-state index < -0.39 is 0 Å². The van der Waals surface area contributed by atoms with E-state index in [-0.39, 0.29) is 22.3 Å². The molecule has 0 aliphatic heterocycles. The second kappa shape index (κ2) is 13.3. The lowest BCUT2D eigenvalue weighted by Gasteiger charge is -2.21. The molecular weight excluding hydrogens is 572 g/mol. The van der Waals surface area contributed by atoms with E-state index in [0.29, 0.717) is 34.1 Å². The molecule has 0 aromatic heterocycles. The van der Waals surface area contributed by atoms with Crippen molar-refractivity contribution in [2.75, 3.05) is 0 Å². The van der Waals surface area contributed by atoms with Crippen LogP contribution in [0.4, 0.5) is 11.4 Å². The molecule has 0 saturated heterocycles. The van der Waals surface area contributed by atoms with E-state index in [1.54, 1.807) is 12.4 Å². The molecule has 0 amide bonds. The van der Waals surface area contributed by atoms with Gasteiger partial charge in [-0.15, -0.1) is 0 Å². The molecule has 0 atom stereocenters. The highest BCUT2D eigenvalue weighted by molar-refractivity contribution is 5.87. The van der Waals surface area contributed by atoms with Gasteiger partial charge in [0.05, 0.1) is 11.4 Å². The molecule has 5 aromatic rings. The molecule has 0 radical (unpaired) electrons. The van der Waals surface area contributed by atoms with Gasteiger partial charge >= 0.3 is 0 Å². The molecule has 0 unspecified atom stereocenters. The number of phenols is 2. The molecule has 0 saturated carbocycles. The number of aromatic hydroxyl groups is 2. The van der Waals surface area contributed by atoms with E-state index >= 15 is 0 Å². The highest BCUT2D eigenvalue weighted by Crippen LogP contribution is 2.34. The molecule has 5 aromatic carbocycles. The number of para-hydroxylation sites is 2. The Morgan fingerprint density at radius 3 is 1.07 bits per heavy atom. The van der Waals surface area contributed by atoms with Gasteiger partial charge in [0, 0.05) is 23.6 Å². The summed E-state index contributed by atoms with van der Waals surface area (Å²) in [6.07, 6.45) is 3.36. The van der Waals surface area contributed by atoms with E-state index in [0.717, 1.165) is 22.5 Å². The highest BCUT2D eigenvalue weighted by atomic mass is 16.5. The van der Waals surface area contributed by atoms with Gasteiger partial charge in [-0.05, 0) is 107 Å². The molecule has 0 aliphatic carbocycles. The molecule has 234 valence electrons. The quantitative estimate of drug-likeness (QED) is 0.171. The third-order valence-electron chi connectivity index (χ3n) is 7.42. The van der Waals surface area contributed by atoms with Gasteiger partial charge in [0.2, 0.25) is 0 Å². The van der Waals surface area contributed by atoms with Crippen LogP contribution in [0.3, 0.4) is 0 Å². The average Bonchev–Trinajstić information content (AvgIpc) is 3.01. The van der Waals surface area contributed by atoms with E-state index in [4.69, 9.17) is 9.47 Å². The Bertz CT molecular complexity index is 1710. The first-order valence-electron chi connectivity index (χ1n) is 15.3. The van der Waals surface area contributed by atoms with Crippen LogP contribution in [0.1, 0.15) is 63.8 Å². The molecule has 0 spiro atoms. The lowest BCUT2D eigenvalue weighted by atomic mass is 9.85. The summed E-state index contributed by atoms with van der Waals surface area (Å²) in [6, 6.07) is 33.7. The van der Waals surface area contributed by atoms with Gasteiger partial charge in [0.25, 0.3) is 0 Å². The topological polar surface area (TPSA) is 83.6 Å². The maximum atomic E-state index is 10.7. The van der Waals surface area contributed by atoms with Gasteiger partial charge in [0.1, 0.15) is 34.5 Å². The van der Waals surface area contributed by atoms with Gasteiger partial charge in [-0.1, -0.05) is 65.8 Å². The van der Waals surface area contributed by atoms with Crippen LogP contribution < -0.4 is 9.47 Å². The van der Waals surface area contributed by atoms with Crippen LogP contribution in [0.25, 0.3) is 0 Å². The number of nitrogens with zero attached hydrogens (tertiary/aromatic N) is 2. The third kappa shape index (κ3) is 8.02. The fourth-order valence-corrected chi connectivity index (χ4v) is 4.88. The van der Waals surface area contributed by atoms with Gasteiger partial charge in [-0.25, -0.2) is 0 Å². The zero-order valence-corrected chi connectivity index (χ0v) is 27.2. The highest BCUT2D eigenvalue weighted by Gasteiger charge is 2.20. The van der Waals surface area contributed by atoms with Crippen LogP contribution in [-0.2, 0) is 10.8 Å². The number of benzene rings is 5. The van der Waals surface area contributed by atoms with Crippen molar-refractivity contribution in [2.24, 2.45) is 9.98 Å². The molecule has 5 rings (SSSR count). The van der Waals surface area contributed by atoms with Crippen LogP contribution in [0, 0.1) is 0 Å². The molecule has 0 fully saturated rings. The van der Waals surface area contributed by atoms with Crippen LogP contribution >= 0.6 is 0 Å². The summed E-state index contributed by atoms with van der Waals surface area (Å²) in [5.41, 5.74) is 4.31. The smallest absolute Gasteiger partial charge is 0.128 e. The average molecular weight is 613 g/mol. The molecule has 0 aliphatic rings. The minimum atomic E-state index is -0.161. The van der Waals surface area contributed by atoms with E-state index in [2.05, 4.69) is 51.5 Å². The molecular formula is C40H40N2O4. The fraction of sp³-hybridized carbons (Fsp3) is 0.200. The summed E-state index contributed by atoms with van der Waals surface area (Å²) in [7, 11) is 0. The fourth-order valence-electron chi connectivity index (χ4n) is 4.88. The van der Waals surface area contributed by atoms with E-state index in [1.165, 1.54) is 0 Å². The maximum Gasteiger partial charge on any atom is 0.128 e. The number of aliphatic imine (C=N–C) groups is 2. The summed E-state index contributed by atoms with van der Waals surface area (Å²) in [6.45, 7) is 12.4. The first-order chi connectivity index (χ1) is 21.9. The Kier molecular flexibility index (Phi) is 9.28. The molecule has 6 nitrogen and oxygen atoms in total. The largest absolute Gasteiger partial charge is 0.507 e. The first kappa shape index (κ1) is 32.0. The van der Waals surface area contributed by atoms with Crippen LogP contribution in [-0.4, -0.2) is 22.6 Å². The van der Waals surface area contributed by atoms with Crippen molar-refractivity contribution < 1.29 is 19.7 Å². The summed E-state index contributed by atoms with van der Waals surface area (Å²) in [5.74, 6) is 3.23. The van der Waals surface area contributed by atoms with Crippen molar-refractivity contribution in [3.05, 3.63) is 131 Å². The minimum absolute atomic E-state index is 0.161. The lowest BCUT2D eigenvalue weighted by Crippen LogP contribution is -2.11. The summed E-state index contributed by atoms with van der Waals surface area (Å²) in [4.78, 5) is 9.06. The normalized spacial score (nSPS) is 12.1. The Morgan fingerprint density at radius 1 is 0.457 bits per heavy atom. The molecule has 0 bridgehead atoms. The van der Waals surface area contributed by atoms with E-state index in [9.17, 15) is 10.2 Å². The van der Waals surface area contributed by atoms with Crippen molar-refractivity contribution in [2.45, 2.75) is 52.4 Å². The number of rotatable bonds is 8. The summed E-state index contributed by atoms with van der Waals surface area (Å²) >= 11 is 0. The number of phenolic OH excluding ortho intramolecular Hbond substituents is 2. The Balaban J connectivity index is 1.16. The zero-order chi connectivity index (χ0) is 32.9. The number of hydrogen-bond acceptors (Lipinski definition) is 6. The second-order valence-corrected chi connectivity index (χ2v) is 13.2. The lowest BCUT2D eigenvalue weighted by molar-refractivity contribution is 0.445. The maximum absolute atomic E-state index is 10.7.